The second-order valence-electron chi connectivity index (χ2n) is 3.96. The number of benzene rings is 1. The number of aromatic nitrogens is 2. The lowest BCUT2D eigenvalue weighted by Gasteiger charge is -2.15. The highest BCUT2D eigenvalue weighted by molar-refractivity contribution is 14.1. The molecule has 0 unspecified atom stereocenters. The fourth-order valence-corrected chi connectivity index (χ4v) is 2.97. The first-order valence-electron chi connectivity index (χ1n) is 5.34. The van der Waals surface area contributed by atoms with E-state index >= 15 is 0 Å². The van der Waals surface area contributed by atoms with Crippen LogP contribution in [0, 0.1) is 10.5 Å². The fraction of sp³-hybridized carbons (Fsp3) is 0.0833. The average molecular weight is 424 g/mol. The Kier molecular flexibility index (Phi) is 4.36. The summed E-state index contributed by atoms with van der Waals surface area (Å²) >= 11 is 13.8. The smallest absolute Gasteiger partial charge is 0.338 e. The predicted molar refractivity (Wildman–Crippen MR) is 86.3 cm³/mol. The van der Waals surface area contributed by atoms with Crippen LogP contribution >= 0.6 is 45.8 Å². The van der Waals surface area contributed by atoms with Crippen LogP contribution in [-0.4, -0.2) is 21.3 Å². The van der Waals surface area contributed by atoms with Crippen molar-refractivity contribution >= 4 is 57.4 Å². The van der Waals surface area contributed by atoms with Crippen molar-refractivity contribution in [3.8, 4) is 11.3 Å². The van der Waals surface area contributed by atoms with E-state index in [1.54, 1.807) is 13.0 Å². The van der Waals surface area contributed by atoms with E-state index in [0.717, 1.165) is 0 Å². The third kappa shape index (κ3) is 2.55. The normalized spacial score (nSPS) is 10.6. The number of hydrogen-bond acceptors (Lipinski definition) is 4. The Labute approximate surface area is 138 Å². The van der Waals surface area contributed by atoms with Gasteiger partial charge in [-0.2, -0.15) is 0 Å². The van der Waals surface area contributed by atoms with Crippen LogP contribution < -0.4 is 5.73 Å². The number of nitrogens with zero attached hydrogens (tertiary/aromatic N) is 2. The number of hydrogen-bond donors (Lipinski definition) is 2. The lowest BCUT2D eigenvalue weighted by Crippen LogP contribution is -2.08. The van der Waals surface area contributed by atoms with E-state index in [1.165, 1.54) is 6.07 Å². The Morgan fingerprint density at radius 1 is 1.35 bits per heavy atom. The van der Waals surface area contributed by atoms with E-state index in [4.69, 9.17) is 28.9 Å². The van der Waals surface area contributed by atoms with E-state index in [0.29, 0.717) is 20.4 Å². The number of halogens is 3. The molecule has 1 aromatic carbocycles. The van der Waals surface area contributed by atoms with Crippen LogP contribution in [-0.2, 0) is 0 Å². The summed E-state index contributed by atoms with van der Waals surface area (Å²) in [5.41, 5.74) is 7.46. The largest absolute Gasteiger partial charge is 0.478 e. The first-order valence-corrected chi connectivity index (χ1v) is 7.18. The van der Waals surface area contributed by atoms with Crippen LogP contribution in [0.4, 0.5) is 5.69 Å². The quantitative estimate of drug-likeness (QED) is 0.568. The molecule has 0 fully saturated rings. The molecule has 0 aliphatic heterocycles. The summed E-state index contributed by atoms with van der Waals surface area (Å²) in [6.07, 6.45) is 0. The molecule has 1 aromatic heterocycles. The van der Waals surface area contributed by atoms with Crippen molar-refractivity contribution in [2.45, 2.75) is 6.92 Å². The molecule has 0 spiro atoms. The number of carboxylic acid groups (broad SMARTS) is 1. The summed E-state index contributed by atoms with van der Waals surface area (Å²) in [6.45, 7) is 1.77. The number of nitrogen functional groups attached to an aromatic ring is 1. The van der Waals surface area contributed by atoms with Gasteiger partial charge in [0.2, 0.25) is 0 Å². The van der Waals surface area contributed by atoms with Crippen molar-refractivity contribution < 1.29 is 9.90 Å². The minimum atomic E-state index is -1.17. The summed E-state index contributed by atoms with van der Waals surface area (Å²) in [4.78, 5) is 11.5. The van der Waals surface area contributed by atoms with Crippen molar-refractivity contribution in [2.75, 3.05) is 5.73 Å². The zero-order valence-corrected chi connectivity index (χ0v) is 13.8. The van der Waals surface area contributed by atoms with Crippen molar-refractivity contribution in [3.05, 3.63) is 37.0 Å². The van der Waals surface area contributed by atoms with E-state index < -0.39 is 5.97 Å². The summed E-state index contributed by atoms with van der Waals surface area (Å²) in [7, 11) is 0. The zero-order chi connectivity index (χ0) is 15.0. The molecule has 0 saturated carbocycles. The third-order valence-electron chi connectivity index (χ3n) is 2.76. The molecule has 8 heteroatoms. The Hall–Kier alpha value is -1.12. The van der Waals surface area contributed by atoms with Crippen LogP contribution in [0.3, 0.4) is 0 Å². The number of carboxylic acids is 1. The molecule has 104 valence electrons. The molecule has 0 amide bonds. The SMILES string of the molecule is Cc1c(N)c(Cl)c(C(=O)O)c(-c2ccc(Cl)nn2)c1I. The zero-order valence-electron chi connectivity index (χ0n) is 10.1. The first kappa shape index (κ1) is 15.3. The standard InChI is InChI=1S/C12H8Cl2IN3O2/c1-4-10(15)7(5-2-3-6(13)18-17-5)8(12(19)20)9(14)11(4)16/h2-3H,16H2,1H3,(H,19,20). The second kappa shape index (κ2) is 5.71. The highest BCUT2D eigenvalue weighted by Gasteiger charge is 2.24. The number of aromatic carboxylic acids is 1. The minimum Gasteiger partial charge on any atom is -0.478 e. The van der Waals surface area contributed by atoms with Crippen molar-refractivity contribution in [3.63, 3.8) is 0 Å². The summed E-state index contributed by atoms with van der Waals surface area (Å²) < 4.78 is 0.665. The van der Waals surface area contributed by atoms with Crippen molar-refractivity contribution in [1.82, 2.24) is 10.2 Å². The van der Waals surface area contributed by atoms with Gasteiger partial charge in [0, 0.05) is 9.13 Å². The molecular weight excluding hydrogens is 416 g/mol. The molecule has 3 N–H and O–H groups in total. The summed E-state index contributed by atoms with van der Waals surface area (Å²) in [6, 6.07) is 3.12. The van der Waals surface area contributed by atoms with Crippen LogP contribution in [0.5, 0.6) is 0 Å². The van der Waals surface area contributed by atoms with Crippen molar-refractivity contribution in [1.29, 1.82) is 0 Å². The first-order chi connectivity index (χ1) is 9.34. The molecule has 2 aromatic rings. The lowest BCUT2D eigenvalue weighted by atomic mass is 9.99. The van der Waals surface area contributed by atoms with Crippen molar-refractivity contribution in [2.24, 2.45) is 0 Å². The van der Waals surface area contributed by atoms with Gasteiger partial charge in [0.05, 0.1) is 22.0 Å². The van der Waals surface area contributed by atoms with Gasteiger partial charge in [0.1, 0.15) is 0 Å². The molecule has 0 saturated heterocycles. The van der Waals surface area contributed by atoms with Gasteiger partial charge in [0.25, 0.3) is 0 Å². The molecule has 2 rings (SSSR count). The van der Waals surface area contributed by atoms with Crippen LogP contribution in [0.2, 0.25) is 10.2 Å². The highest BCUT2D eigenvalue weighted by Crippen LogP contribution is 2.39. The summed E-state index contributed by atoms with van der Waals surface area (Å²) in [5, 5.41) is 17.2. The maximum absolute atomic E-state index is 11.5. The Morgan fingerprint density at radius 2 is 2.00 bits per heavy atom. The Morgan fingerprint density at radius 3 is 2.50 bits per heavy atom. The van der Waals surface area contributed by atoms with Gasteiger partial charge in [-0.1, -0.05) is 23.2 Å². The topological polar surface area (TPSA) is 89.1 Å². The molecule has 0 atom stereocenters. The number of nitrogens with two attached hydrogens (primary N) is 1. The molecule has 0 aliphatic rings. The van der Waals surface area contributed by atoms with Gasteiger partial charge in [-0.05, 0) is 47.2 Å². The van der Waals surface area contributed by atoms with Crippen LogP contribution in [0.15, 0.2) is 12.1 Å². The van der Waals surface area contributed by atoms with Gasteiger partial charge >= 0.3 is 5.97 Å². The monoisotopic (exact) mass is 423 g/mol. The second-order valence-corrected chi connectivity index (χ2v) is 5.81. The van der Waals surface area contributed by atoms with E-state index in [2.05, 4.69) is 10.2 Å². The molecule has 0 bridgehead atoms. The van der Waals surface area contributed by atoms with Gasteiger partial charge in [-0.15, -0.1) is 10.2 Å². The minimum absolute atomic E-state index is 0.00201. The molecule has 0 aliphatic carbocycles. The van der Waals surface area contributed by atoms with Gasteiger partial charge in [0.15, 0.2) is 5.15 Å². The number of rotatable bonds is 2. The molecule has 5 nitrogen and oxygen atoms in total. The van der Waals surface area contributed by atoms with Crippen LogP contribution in [0.25, 0.3) is 11.3 Å². The highest BCUT2D eigenvalue weighted by atomic mass is 127. The third-order valence-corrected chi connectivity index (χ3v) is 4.70. The van der Waals surface area contributed by atoms with E-state index in [9.17, 15) is 9.90 Å². The average Bonchev–Trinajstić information content (AvgIpc) is 2.41. The summed E-state index contributed by atoms with van der Waals surface area (Å²) in [5.74, 6) is -1.17. The Balaban J connectivity index is 2.87. The molecule has 0 radical (unpaired) electrons. The lowest BCUT2D eigenvalue weighted by molar-refractivity contribution is 0.0698. The molecule has 20 heavy (non-hydrogen) atoms. The Bertz CT molecular complexity index is 705. The van der Waals surface area contributed by atoms with E-state index in [1.807, 2.05) is 22.6 Å². The number of anilines is 1. The van der Waals surface area contributed by atoms with Gasteiger partial charge in [-0.3, -0.25) is 0 Å². The maximum atomic E-state index is 11.5. The number of carbonyl (C=O) groups is 1. The van der Waals surface area contributed by atoms with Gasteiger partial charge < -0.3 is 10.8 Å². The molecule has 1 heterocycles. The molecular formula is C12H8Cl2IN3O2. The maximum Gasteiger partial charge on any atom is 0.338 e. The predicted octanol–water partition coefficient (Wildman–Crippen LogP) is 3.64. The fourth-order valence-electron chi connectivity index (χ4n) is 1.72. The van der Waals surface area contributed by atoms with E-state index in [-0.39, 0.29) is 21.4 Å². The van der Waals surface area contributed by atoms with Gasteiger partial charge in [-0.25, -0.2) is 4.79 Å². The van der Waals surface area contributed by atoms with Crippen LogP contribution in [0.1, 0.15) is 15.9 Å².